The second-order valence-corrected chi connectivity index (χ2v) is 12.3. The van der Waals surface area contributed by atoms with Gasteiger partial charge in [0.2, 0.25) is 5.91 Å². The zero-order valence-corrected chi connectivity index (χ0v) is 28.1. The fraction of sp³-hybridized carbons (Fsp3) is 0.342. The molecule has 2 heterocycles. The van der Waals surface area contributed by atoms with E-state index in [1.165, 1.54) is 0 Å². The molecule has 0 bridgehead atoms. The van der Waals surface area contributed by atoms with E-state index in [9.17, 15) is 19.5 Å². The first-order valence-electron chi connectivity index (χ1n) is 16.4. The van der Waals surface area contributed by atoms with Crippen LogP contribution in [0.4, 0.5) is 9.59 Å². The van der Waals surface area contributed by atoms with Crippen LogP contribution >= 0.6 is 0 Å². The van der Waals surface area contributed by atoms with Crippen LogP contribution in [0.5, 0.6) is 0 Å². The Morgan fingerprint density at radius 3 is 2.00 bits per heavy atom. The molecule has 258 valence electrons. The Hall–Kier alpha value is -5.29. The van der Waals surface area contributed by atoms with Gasteiger partial charge < -0.3 is 30.5 Å². The molecular formula is C38H45N5O6. The van der Waals surface area contributed by atoms with Gasteiger partial charge in [-0.3, -0.25) is 14.8 Å². The maximum Gasteiger partial charge on any atom is 0.408 e. The van der Waals surface area contributed by atoms with Gasteiger partial charge in [0.05, 0.1) is 17.8 Å². The molecule has 2 aromatic carbocycles. The first kappa shape index (κ1) is 36.5. The number of aromatic nitrogens is 2. The quantitative estimate of drug-likeness (QED) is 0.130. The van der Waals surface area contributed by atoms with Crippen molar-refractivity contribution in [1.29, 1.82) is 0 Å². The number of carbonyl (C=O) groups is 3. The molecule has 0 aliphatic carbocycles. The summed E-state index contributed by atoms with van der Waals surface area (Å²) in [6, 6.07) is 25.9. The molecule has 0 spiro atoms. The fourth-order valence-electron chi connectivity index (χ4n) is 5.34. The van der Waals surface area contributed by atoms with E-state index in [0.717, 1.165) is 22.4 Å². The molecule has 0 saturated carbocycles. The van der Waals surface area contributed by atoms with Gasteiger partial charge in [-0.1, -0.05) is 86.6 Å². The summed E-state index contributed by atoms with van der Waals surface area (Å²) < 4.78 is 10.8. The number of rotatable bonds is 16. The van der Waals surface area contributed by atoms with E-state index in [1.807, 2.05) is 93.6 Å². The van der Waals surface area contributed by atoms with Crippen LogP contribution in [0.3, 0.4) is 0 Å². The number of nitrogens with zero attached hydrogens (tertiary/aromatic N) is 2. The van der Waals surface area contributed by atoms with Crippen LogP contribution in [0.2, 0.25) is 0 Å². The summed E-state index contributed by atoms with van der Waals surface area (Å²) in [5.74, 6) is -0.689. The van der Waals surface area contributed by atoms with Crippen molar-refractivity contribution < 1.29 is 29.0 Å². The van der Waals surface area contributed by atoms with Gasteiger partial charge in [0.1, 0.15) is 19.3 Å². The first-order chi connectivity index (χ1) is 23.7. The van der Waals surface area contributed by atoms with E-state index in [-0.39, 0.29) is 25.6 Å². The first-order valence-corrected chi connectivity index (χ1v) is 16.4. The normalized spacial score (nSPS) is 13.4. The number of amides is 3. The zero-order chi connectivity index (χ0) is 35.0. The Labute approximate surface area is 287 Å². The van der Waals surface area contributed by atoms with Crippen LogP contribution in [0.1, 0.15) is 48.3 Å². The summed E-state index contributed by atoms with van der Waals surface area (Å²) in [5.41, 5.74) is 3.98. The Bertz CT molecular complexity index is 1610. The summed E-state index contributed by atoms with van der Waals surface area (Å²) in [5, 5.41) is 20.2. The Balaban J connectivity index is 1.46. The molecule has 11 heteroatoms. The standard InChI is InChI=1S/C38H45N5O6/c1-26(2)35(43-38(47)49-25-31-18-10-12-27(3)40-31)36(45)41-32(20-28-13-6-4-7-14-28)22-34(44)33(21-29-15-8-5-9-16-29)42-37(46)48-24-30-17-11-19-39-23-30/h4-19,23,26,32-35,44H,20-22,24-25H2,1-3H3,(H,41,45)(H,42,46)(H,43,47)/t32-,33-,34-,35-/m0/s1. The van der Waals surface area contributed by atoms with Crippen molar-refractivity contribution in [3.63, 3.8) is 0 Å². The molecule has 3 amide bonds. The third kappa shape index (κ3) is 12.7. The number of carbonyl (C=O) groups excluding carboxylic acids is 3. The van der Waals surface area contributed by atoms with Gasteiger partial charge in [0.15, 0.2) is 0 Å². The van der Waals surface area contributed by atoms with E-state index >= 15 is 0 Å². The van der Waals surface area contributed by atoms with Crippen molar-refractivity contribution in [3.8, 4) is 0 Å². The van der Waals surface area contributed by atoms with E-state index in [1.54, 1.807) is 30.6 Å². The highest BCUT2D eigenvalue weighted by Crippen LogP contribution is 2.16. The molecule has 4 aromatic rings. The lowest BCUT2D eigenvalue weighted by atomic mass is 9.93. The maximum atomic E-state index is 13.7. The number of hydrogen-bond acceptors (Lipinski definition) is 8. The van der Waals surface area contributed by atoms with Crippen molar-refractivity contribution >= 4 is 18.1 Å². The minimum absolute atomic E-state index is 0.0219. The number of alkyl carbamates (subject to hydrolysis) is 2. The maximum absolute atomic E-state index is 13.7. The molecule has 0 aliphatic heterocycles. The molecule has 4 N–H and O–H groups in total. The van der Waals surface area contributed by atoms with Gasteiger partial charge in [-0.15, -0.1) is 0 Å². The predicted molar refractivity (Wildman–Crippen MR) is 185 cm³/mol. The van der Waals surface area contributed by atoms with Crippen LogP contribution in [-0.2, 0) is 40.3 Å². The Kier molecular flexibility index (Phi) is 14.1. The van der Waals surface area contributed by atoms with Crippen LogP contribution in [0, 0.1) is 12.8 Å². The smallest absolute Gasteiger partial charge is 0.408 e. The second-order valence-electron chi connectivity index (χ2n) is 12.3. The Morgan fingerprint density at radius 2 is 1.37 bits per heavy atom. The molecule has 0 fully saturated rings. The lowest BCUT2D eigenvalue weighted by Gasteiger charge is -2.30. The second kappa shape index (κ2) is 18.9. The van der Waals surface area contributed by atoms with E-state index in [2.05, 4.69) is 25.9 Å². The molecule has 4 rings (SSSR count). The molecule has 0 radical (unpaired) electrons. The van der Waals surface area contributed by atoms with E-state index in [0.29, 0.717) is 18.5 Å². The summed E-state index contributed by atoms with van der Waals surface area (Å²) in [6.45, 7) is 5.48. The Morgan fingerprint density at radius 1 is 0.735 bits per heavy atom. The number of nitrogens with one attached hydrogen (secondary N) is 3. The summed E-state index contributed by atoms with van der Waals surface area (Å²) in [6.07, 6.45) is 1.59. The highest BCUT2D eigenvalue weighted by molar-refractivity contribution is 5.86. The lowest BCUT2D eigenvalue weighted by molar-refractivity contribution is -0.125. The van der Waals surface area contributed by atoms with E-state index in [4.69, 9.17) is 9.47 Å². The predicted octanol–water partition coefficient (Wildman–Crippen LogP) is 5.05. The molecule has 2 aromatic heterocycles. The molecule has 0 aliphatic rings. The zero-order valence-electron chi connectivity index (χ0n) is 28.1. The van der Waals surface area contributed by atoms with Gasteiger partial charge in [0, 0.05) is 29.7 Å². The number of aryl methyl sites for hydroxylation is 1. The average molecular weight is 668 g/mol. The van der Waals surface area contributed by atoms with Crippen molar-refractivity contribution in [1.82, 2.24) is 25.9 Å². The minimum Gasteiger partial charge on any atom is -0.445 e. The van der Waals surface area contributed by atoms with Gasteiger partial charge >= 0.3 is 12.2 Å². The molecule has 0 saturated heterocycles. The van der Waals surface area contributed by atoms with Crippen molar-refractivity contribution in [2.75, 3.05) is 0 Å². The third-order valence-electron chi connectivity index (χ3n) is 7.88. The molecular weight excluding hydrogens is 622 g/mol. The number of pyridine rings is 2. The highest BCUT2D eigenvalue weighted by atomic mass is 16.6. The summed E-state index contributed by atoms with van der Waals surface area (Å²) >= 11 is 0. The number of aliphatic hydroxyl groups excluding tert-OH is 1. The number of hydrogen-bond donors (Lipinski definition) is 4. The van der Waals surface area contributed by atoms with Crippen LogP contribution in [0.15, 0.2) is 103 Å². The third-order valence-corrected chi connectivity index (χ3v) is 7.88. The SMILES string of the molecule is Cc1cccc(COC(=O)N[C@H](C(=O)N[C@@H](Cc2ccccc2)C[C@H](O)[C@H](Cc2ccccc2)NC(=O)OCc2cccnc2)C(C)C)n1. The van der Waals surface area contributed by atoms with Gasteiger partial charge in [-0.2, -0.15) is 0 Å². The topological polar surface area (TPSA) is 152 Å². The molecule has 11 nitrogen and oxygen atoms in total. The largest absolute Gasteiger partial charge is 0.445 e. The fourth-order valence-corrected chi connectivity index (χ4v) is 5.34. The van der Waals surface area contributed by atoms with Gasteiger partial charge in [0.25, 0.3) is 0 Å². The van der Waals surface area contributed by atoms with Crippen molar-refractivity contribution in [2.24, 2.45) is 5.92 Å². The molecule has 49 heavy (non-hydrogen) atoms. The monoisotopic (exact) mass is 667 g/mol. The number of benzene rings is 2. The summed E-state index contributed by atoms with van der Waals surface area (Å²) in [4.78, 5) is 47.8. The number of aliphatic hydroxyl groups is 1. The van der Waals surface area contributed by atoms with Gasteiger partial charge in [-0.25, -0.2) is 9.59 Å². The number of ether oxygens (including phenoxy) is 2. The molecule has 4 atom stereocenters. The van der Waals surface area contributed by atoms with Crippen molar-refractivity contribution in [3.05, 3.63) is 131 Å². The van der Waals surface area contributed by atoms with Crippen LogP contribution < -0.4 is 16.0 Å². The summed E-state index contributed by atoms with van der Waals surface area (Å²) in [7, 11) is 0. The van der Waals surface area contributed by atoms with E-state index < -0.39 is 42.3 Å². The average Bonchev–Trinajstić information content (AvgIpc) is 3.09. The highest BCUT2D eigenvalue weighted by Gasteiger charge is 2.30. The van der Waals surface area contributed by atoms with Crippen LogP contribution in [-0.4, -0.2) is 57.4 Å². The molecule has 0 unspecified atom stereocenters. The lowest BCUT2D eigenvalue weighted by Crippen LogP contribution is -2.54. The van der Waals surface area contributed by atoms with Crippen molar-refractivity contribution in [2.45, 2.75) is 77.5 Å². The van der Waals surface area contributed by atoms with Crippen LogP contribution in [0.25, 0.3) is 0 Å². The minimum atomic E-state index is -1.07. The van der Waals surface area contributed by atoms with Gasteiger partial charge in [-0.05, 0) is 61.4 Å².